The third-order valence-corrected chi connectivity index (χ3v) is 4.08. The van der Waals surface area contributed by atoms with Crippen LogP contribution in [0.5, 0.6) is 0 Å². The van der Waals surface area contributed by atoms with E-state index in [1.54, 1.807) is 5.38 Å². The van der Waals surface area contributed by atoms with Crippen molar-refractivity contribution < 1.29 is 14.3 Å². The van der Waals surface area contributed by atoms with E-state index in [4.69, 9.17) is 0 Å². The Morgan fingerprint density at radius 3 is 2.62 bits per heavy atom. The van der Waals surface area contributed by atoms with E-state index in [2.05, 4.69) is 30.5 Å². The molecule has 0 spiro atoms. The molecule has 0 unspecified atom stereocenters. The van der Waals surface area contributed by atoms with Crippen LogP contribution in [0.25, 0.3) is 0 Å². The smallest absolute Gasteiger partial charge is 0.357 e. The Labute approximate surface area is 129 Å². The second kappa shape index (κ2) is 6.13. The zero-order chi connectivity index (χ0) is 15.6. The zero-order valence-corrected chi connectivity index (χ0v) is 13.8. The number of esters is 1. The fourth-order valence-electron chi connectivity index (χ4n) is 2.09. The summed E-state index contributed by atoms with van der Waals surface area (Å²) in [5.74, 6) is -0.267. The van der Waals surface area contributed by atoms with Gasteiger partial charge in [0.2, 0.25) is 5.91 Å². The molecule has 1 heterocycles. The first-order chi connectivity index (χ1) is 9.80. The Kier molecular flexibility index (Phi) is 4.66. The number of carbonyl (C=O) groups is 2. The summed E-state index contributed by atoms with van der Waals surface area (Å²) < 4.78 is 4.65. The minimum atomic E-state index is -0.434. The molecule has 21 heavy (non-hydrogen) atoms. The van der Waals surface area contributed by atoms with Gasteiger partial charge in [-0.2, -0.15) is 0 Å². The Hall–Kier alpha value is -1.43. The molecule has 1 saturated carbocycles. The summed E-state index contributed by atoms with van der Waals surface area (Å²) in [4.78, 5) is 30.0. The van der Waals surface area contributed by atoms with Crippen LogP contribution >= 0.6 is 11.3 Å². The monoisotopic (exact) mass is 310 g/mol. The van der Waals surface area contributed by atoms with Crippen LogP contribution in [0.2, 0.25) is 0 Å². The average molecular weight is 310 g/mol. The minimum absolute atomic E-state index is 0.0235. The van der Waals surface area contributed by atoms with Gasteiger partial charge in [-0.05, 0) is 18.3 Å². The summed E-state index contributed by atoms with van der Waals surface area (Å²) in [6, 6.07) is 0.338. The van der Waals surface area contributed by atoms with Crippen molar-refractivity contribution >= 4 is 23.2 Å². The fourth-order valence-corrected chi connectivity index (χ4v) is 2.85. The Morgan fingerprint density at radius 1 is 1.43 bits per heavy atom. The second-order valence-corrected chi connectivity index (χ2v) is 7.55. The lowest BCUT2D eigenvalue weighted by Crippen LogP contribution is -2.34. The van der Waals surface area contributed by atoms with Crippen molar-refractivity contribution in [1.82, 2.24) is 9.88 Å². The molecule has 0 saturated heterocycles. The van der Waals surface area contributed by atoms with Crippen LogP contribution < -0.4 is 0 Å². The second-order valence-electron chi connectivity index (χ2n) is 6.61. The summed E-state index contributed by atoms with van der Waals surface area (Å²) in [5, 5.41) is 2.46. The largest absolute Gasteiger partial charge is 0.464 e. The van der Waals surface area contributed by atoms with Gasteiger partial charge in [-0.15, -0.1) is 11.3 Å². The Balaban J connectivity index is 2.05. The number of ether oxygens (including phenoxy) is 1. The topological polar surface area (TPSA) is 59.5 Å². The molecule has 116 valence electrons. The van der Waals surface area contributed by atoms with Crippen LogP contribution in [0.1, 0.15) is 55.5 Å². The van der Waals surface area contributed by atoms with Gasteiger partial charge >= 0.3 is 5.97 Å². The van der Waals surface area contributed by atoms with Gasteiger partial charge in [-0.25, -0.2) is 9.78 Å². The van der Waals surface area contributed by atoms with Crippen LogP contribution in [-0.4, -0.2) is 34.9 Å². The molecule has 0 aliphatic heterocycles. The predicted octanol–water partition coefficient (Wildman–Crippen LogP) is 2.86. The van der Waals surface area contributed by atoms with Gasteiger partial charge in [0.1, 0.15) is 5.01 Å². The molecule has 5 nitrogen and oxygen atoms in total. The van der Waals surface area contributed by atoms with E-state index >= 15 is 0 Å². The fraction of sp³-hybridized carbons (Fsp3) is 0.667. The maximum Gasteiger partial charge on any atom is 0.357 e. The number of hydrogen-bond donors (Lipinski definition) is 0. The summed E-state index contributed by atoms with van der Waals surface area (Å²) in [6.45, 7) is 6.68. The molecule has 1 aliphatic rings. The van der Waals surface area contributed by atoms with Crippen molar-refractivity contribution in [1.29, 1.82) is 0 Å². The van der Waals surface area contributed by atoms with Crippen molar-refractivity contribution in [2.24, 2.45) is 5.41 Å². The first-order valence-corrected chi connectivity index (χ1v) is 8.00. The molecule has 6 heteroatoms. The number of aromatic nitrogens is 1. The highest BCUT2D eigenvalue weighted by molar-refractivity contribution is 7.09. The highest BCUT2D eigenvalue weighted by Gasteiger charge is 2.34. The predicted molar refractivity (Wildman–Crippen MR) is 81.1 cm³/mol. The lowest BCUT2D eigenvalue weighted by molar-refractivity contribution is -0.134. The molecule has 1 aromatic rings. The van der Waals surface area contributed by atoms with Gasteiger partial charge in [-0.1, -0.05) is 20.8 Å². The standard InChI is InChI=1S/C15H22N2O3S/c1-15(2,3)7-13(18)17(10-5-6-10)8-12-16-11(9-21-12)14(19)20-4/h9-10H,5-8H2,1-4H3. The molecule has 0 radical (unpaired) electrons. The SMILES string of the molecule is COC(=O)c1csc(CN(C(=O)CC(C)(C)C)C2CC2)n1. The van der Waals surface area contributed by atoms with Gasteiger partial charge in [0.25, 0.3) is 0 Å². The van der Waals surface area contributed by atoms with Crippen LogP contribution in [0.15, 0.2) is 5.38 Å². The lowest BCUT2D eigenvalue weighted by Gasteiger charge is -2.26. The molecule has 0 aromatic carbocycles. The highest BCUT2D eigenvalue weighted by atomic mass is 32.1. The van der Waals surface area contributed by atoms with E-state index in [1.807, 2.05) is 4.90 Å². The van der Waals surface area contributed by atoms with E-state index in [0.29, 0.717) is 24.7 Å². The summed E-state index contributed by atoms with van der Waals surface area (Å²) >= 11 is 1.40. The van der Waals surface area contributed by atoms with Gasteiger partial charge in [-0.3, -0.25) is 4.79 Å². The molecular formula is C15H22N2O3S. The number of nitrogens with zero attached hydrogens (tertiary/aromatic N) is 2. The third-order valence-electron chi connectivity index (χ3n) is 3.24. The first-order valence-electron chi connectivity index (χ1n) is 7.12. The lowest BCUT2D eigenvalue weighted by atomic mass is 9.91. The minimum Gasteiger partial charge on any atom is -0.464 e. The maximum absolute atomic E-state index is 12.5. The number of rotatable bonds is 5. The molecule has 1 amide bonds. The zero-order valence-electron chi connectivity index (χ0n) is 13.0. The van der Waals surface area contributed by atoms with Gasteiger partial charge in [0.05, 0.1) is 13.7 Å². The van der Waals surface area contributed by atoms with Gasteiger partial charge in [0.15, 0.2) is 5.69 Å². The molecule has 0 N–H and O–H groups in total. The van der Waals surface area contributed by atoms with Crippen LogP contribution in [0, 0.1) is 5.41 Å². The van der Waals surface area contributed by atoms with E-state index in [0.717, 1.165) is 17.8 Å². The normalized spacial score (nSPS) is 14.9. The van der Waals surface area contributed by atoms with Crippen LogP contribution in [0.4, 0.5) is 0 Å². The van der Waals surface area contributed by atoms with Gasteiger partial charge < -0.3 is 9.64 Å². The summed E-state index contributed by atoms with van der Waals surface area (Å²) in [6.07, 6.45) is 2.65. The number of carbonyl (C=O) groups excluding carboxylic acids is 2. The molecule has 1 aromatic heterocycles. The third kappa shape index (κ3) is 4.52. The summed E-state index contributed by atoms with van der Waals surface area (Å²) in [7, 11) is 1.34. The maximum atomic E-state index is 12.5. The van der Waals surface area contributed by atoms with Crippen LogP contribution in [-0.2, 0) is 16.1 Å². The number of thiazole rings is 1. The quantitative estimate of drug-likeness (QED) is 0.785. The Bertz CT molecular complexity index is 529. The van der Waals surface area contributed by atoms with Crippen LogP contribution in [0.3, 0.4) is 0 Å². The van der Waals surface area contributed by atoms with E-state index < -0.39 is 5.97 Å². The number of amides is 1. The van der Waals surface area contributed by atoms with E-state index in [-0.39, 0.29) is 11.3 Å². The summed E-state index contributed by atoms with van der Waals surface area (Å²) in [5.41, 5.74) is 0.293. The highest BCUT2D eigenvalue weighted by Crippen LogP contribution is 2.31. The van der Waals surface area contributed by atoms with Crippen molar-refractivity contribution in [2.75, 3.05) is 7.11 Å². The Morgan fingerprint density at radius 2 is 2.10 bits per heavy atom. The molecule has 1 aliphatic carbocycles. The molecule has 0 atom stereocenters. The molecule has 1 fully saturated rings. The number of methoxy groups -OCH3 is 1. The van der Waals surface area contributed by atoms with Crippen molar-refractivity contribution in [3.63, 3.8) is 0 Å². The van der Waals surface area contributed by atoms with Crippen molar-refractivity contribution in [2.45, 2.75) is 52.6 Å². The van der Waals surface area contributed by atoms with Gasteiger partial charge in [0, 0.05) is 17.8 Å². The number of hydrogen-bond acceptors (Lipinski definition) is 5. The van der Waals surface area contributed by atoms with Crippen molar-refractivity contribution in [3.05, 3.63) is 16.1 Å². The first kappa shape index (κ1) is 15.9. The molecule has 0 bridgehead atoms. The van der Waals surface area contributed by atoms with E-state index in [1.165, 1.54) is 18.4 Å². The average Bonchev–Trinajstić information content (AvgIpc) is 3.11. The van der Waals surface area contributed by atoms with E-state index in [9.17, 15) is 9.59 Å². The molecule has 2 rings (SSSR count). The molecular weight excluding hydrogens is 288 g/mol. The van der Waals surface area contributed by atoms with Crippen molar-refractivity contribution in [3.8, 4) is 0 Å².